The first-order valence-corrected chi connectivity index (χ1v) is 12.3. The van der Waals surface area contributed by atoms with Gasteiger partial charge in [-0.15, -0.1) is 0 Å². The molecule has 0 atom stereocenters. The van der Waals surface area contributed by atoms with Gasteiger partial charge in [0, 0.05) is 73.0 Å². The van der Waals surface area contributed by atoms with Crippen LogP contribution in [0.25, 0.3) is 22.2 Å². The maximum atomic E-state index is 5.24. The molecule has 5 heterocycles. The Labute approximate surface area is 200 Å². The first kappa shape index (κ1) is 21.1. The molecular formula is C27H31N7. The van der Waals surface area contributed by atoms with Gasteiger partial charge in [-0.2, -0.15) is 0 Å². The van der Waals surface area contributed by atoms with Crippen LogP contribution in [-0.2, 0) is 0 Å². The predicted molar refractivity (Wildman–Crippen MR) is 138 cm³/mol. The van der Waals surface area contributed by atoms with Crippen LogP contribution in [0.15, 0.2) is 61.1 Å². The molecule has 0 unspecified atom stereocenters. The van der Waals surface area contributed by atoms with Crippen LogP contribution in [0.1, 0.15) is 24.7 Å². The van der Waals surface area contributed by atoms with Crippen LogP contribution in [0.2, 0.25) is 0 Å². The minimum Gasteiger partial charge on any atom is -0.368 e. The van der Waals surface area contributed by atoms with Crippen LogP contribution in [0.3, 0.4) is 0 Å². The molecule has 0 saturated carbocycles. The van der Waals surface area contributed by atoms with E-state index in [-0.39, 0.29) is 0 Å². The highest BCUT2D eigenvalue weighted by Gasteiger charge is 2.23. The number of aryl methyl sites for hydroxylation is 1. The second kappa shape index (κ2) is 9.06. The number of piperazine rings is 1. The lowest BCUT2D eigenvalue weighted by Crippen LogP contribution is -2.46. The Morgan fingerprint density at radius 1 is 0.853 bits per heavy atom. The molecule has 0 radical (unpaired) electrons. The van der Waals surface area contributed by atoms with Crippen LogP contribution in [0.4, 0.5) is 11.5 Å². The molecule has 0 amide bonds. The molecule has 2 saturated heterocycles. The number of benzene rings is 1. The molecule has 2 aliphatic heterocycles. The van der Waals surface area contributed by atoms with Crippen LogP contribution in [0, 0.1) is 6.92 Å². The summed E-state index contributed by atoms with van der Waals surface area (Å²) in [7, 11) is 0. The number of pyridine rings is 1. The van der Waals surface area contributed by atoms with Gasteiger partial charge in [-0.25, -0.2) is 15.0 Å². The number of nitrogens with one attached hydrogen (secondary N) is 1. The first-order valence-electron chi connectivity index (χ1n) is 12.3. The van der Waals surface area contributed by atoms with Crippen molar-refractivity contribution in [1.29, 1.82) is 0 Å². The second-order valence-electron chi connectivity index (χ2n) is 9.30. The van der Waals surface area contributed by atoms with Crippen LogP contribution in [0.5, 0.6) is 0 Å². The fraction of sp³-hybridized carbons (Fsp3) is 0.370. The molecule has 3 aromatic heterocycles. The van der Waals surface area contributed by atoms with Crippen molar-refractivity contribution in [2.24, 2.45) is 0 Å². The Bertz CT molecular complexity index is 1250. The topological polar surface area (TPSA) is 62.1 Å². The maximum absolute atomic E-state index is 5.24. The van der Waals surface area contributed by atoms with E-state index in [4.69, 9.17) is 4.98 Å². The summed E-state index contributed by atoms with van der Waals surface area (Å²) < 4.78 is 2.41. The van der Waals surface area contributed by atoms with Crippen LogP contribution in [-0.4, -0.2) is 58.8 Å². The molecule has 7 nitrogen and oxygen atoms in total. The fourth-order valence-corrected chi connectivity index (χ4v) is 5.25. The Morgan fingerprint density at radius 3 is 2.29 bits per heavy atom. The van der Waals surface area contributed by atoms with Gasteiger partial charge >= 0.3 is 0 Å². The lowest BCUT2D eigenvalue weighted by Gasteiger charge is -2.36. The lowest BCUT2D eigenvalue weighted by molar-refractivity contribution is 0.375. The van der Waals surface area contributed by atoms with Gasteiger partial charge in [-0.05, 0) is 57.1 Å². The third kappa shape index (κ3) is 4.01. The summed E-state index contributed by atoms with van der Waals surface area (Å²) in [5, 5.41) is 4.67. The van der Waals surface area contributed by atoms with E-state index in [2.05, 4.69) is 78.3 Å². The fourth-order valence-electron chi connectivity index (χ4n) is 5.25. The second-order valence-corrected chi connectivity index (χ2v) is 9.30. The average Bonchev–Trinajstić information content (AvgIpc) is 3.29. The number of nitrogens with zero attached hydrogens (tertiary/aromatic N) is 6. The number of aromatic nitrogens is 4. The van der Waals surface area contributed by atoms with Crippen molar-refractivity contribution in [3.8, 4) is 11.1 Å². The summed E-state index contributed by atoms with van der Waals surface area (Å²) in [6, 6.07) is 15.6. The van der Waals surface area contributed by atoms with E-state index in [1.165, 1.54) is 16.6 Å². The summed E-state index contributed by atoms with van der Waals surface area (Å²) in [5.74, 6) is 1.86. The highest BCUT2D eigenvalue weighted by atomic mass is 15.3. The molecule has 0 bridgehead atoms. The predicted octanol–water partition coefficient (Wildman–Crippen LogP) is 4.05. The summed E-state index contributed by atoms with van der Waals surface area (Å²) in [4.78, 5) is 19.0. The van der Waals surface area contributed by atoms with Gasteiger partial charge in [-0.1, -0.05) is 18.2 Å². The minimum atomic E-state index is 0.460. The molecule has 2 fully saturated rings. The van der Waals surface area contributed by atoms with E-state index in [1.807, 2.05) is 19.3 Å². The molecule has 2 aliphatic rings. The highest BCUT2D eigenvalue weighted by Crippen LogP contribution is 2.35. The SMILES string of the molecule is Cc1ncc(-c2cn(C3CCNCC3)c3nc(N4CCN(c5ccccc5)CC4)ccc23)cn1. The van der Waals surface area contributed by atoms with Gasteiger partial charge in [0.15, 0.2) is 0 Å². The molecule has 1 aromatic carbocycles. The molecule has 7 heteroatoms. The van der Waals surface area contributed by atoms with Crippen molar-refractivity contribution in [3.05, 3.63) is 66.9 Å². The minimum absolute atomic E-state index is 0.460. The maximum Gasteiger partial charge on any atom is 0.143 e. The molecule has 0 aliphatic carbocycles. The van der Waals surface area contributed by atoms with E-state index in [0.717, 1.165) is 75.0 Å². The van der Waals surface area contributed by atoms with Gasteiger partial charge in [0.05, 0.1) is 0 Å². The number of rotatable bonds is 4. The van der Waals surface area contributed by atoms with Gasteiger partial charge in [0.25, 0.3) is 0 Å². The van der Waals surface area contributed by atoms with Crippen molar-refractivity contribution >= 4 is 22.5 Å². The molecular weight excluding hydrogens is 422 g/mol. The van der Waals surface area contributed by atoms with Crippen molar-refractivity contribution in [3.63, 3.8) is 0 Å². The quantitative estimate of drug-likeness (QED) is 0.503. The van der Waals surface area contributed by atoms with Gasteiger partial charge in [0.1, 0.15) is 17.3 Å². The Hall–Kier alpha value is -3.45. The largest absolute Gasteiger partial charge is 0.368 e. The normalized spacial score (nSPS) is 17.4. The summed E-state index contributed by atoms with van der Waals surface area (Å²) >= 11 is 0. The van der Waals surface area contributed by atoms with Crippen LogP contribution < -0.4 is 15.1 Å². The summed E-state index contributed by atoms with van der Waals surface area (Å²) in [6.45, 7) is 7.98. The number of hydrogen-bond donors (Lipinski definition) is 1. The molecule has 1 N–H and O–H groups in total. The van der Waals surface area contributed by atoms with E-state index in [1.54, 1.807) is 0 Å². The molecule has 0 spiro atoms. The van der Waals surface area contributed by atoms with E-state index < -0.39 is 0 Å². The first-order chi connectivity index (χ1) is 16.8. The zero-order valence-electron chi connectivity index (χ0n) is 19.7. The molecule has 34 heavy (non-hydrogen) atoms. The Morgan fingerprint density at radius 2 is 1.56 bits per heavy atom. The van der Waals surface area contributed by atoms with E-state index >= 15 is 0 Å². The zero-order chi connectivity index (χ0) is 22.9. The average molecular weight is 454 g/mol. The Balaban J connectivity index is 1.33. The number of piperidine rings is 1. The highest BCUT2D eigenvalue weighted by molar-refractivity contribution is 5.94. The smallest absolute Gasteiger partial charge is 0.143 e. The monoisotopic (exact) mass is 453 g/mol. The van der Waals surface area contributed by atoms with Gasteiger partial charge in [0.2, 0.25) is 0 Å². The standard InChI is InChI=1S/C27H31N7/c1-20-29-17-21(18-30-20)25-19-34(23-9-11-28-12-10-23)27-24(25)7-8-26(31-27)33-15-13-32(14-16-33)22-5-3-2-4-6-22/h2-8,17-19,23,28H,9-16H2,1H3. The number of fused-ring (bicyclic) bond motifs is 1. The van der Waals surface area contributed by atoms with Crippen molar-refractivity contribution in [1.82, 2.24) is 24.8 Å². The lowest BCUT2D eigenvalue weighted by atomic mass is 10.1. The third-order valence-corrected chi connectivity index (χ3v) is 7.18. The summed E-state index contributed by atoms with van der Waals surface area (Å²) in [5.41, 5.74) is 4.59. The van der Waals surface area contributed by atoms with E-state index in [0.29, 0.717) is 6.04 Å². The van der Waals surface area contributed by atoms with Crippen molar-refractivity contribution in [2.75, 3.05) is 49.1 Å². The van der Waals surface area contributed by atoms with Gasteiger partial charge in [-0.3, -0.25) is 0 Å². The number of hydrogen-bond acceptors (Lipinski definition) is 6. The molecule has 6 rings (SSSR count). The third-order valence-electron chi connectivity index (χ3n) is 7.18. The number of anilines is 2. The van der Waals surface area contributed by atoms with Crippen molar-refractivity contribution in [2.45, 2.75) is 25.8 Å². The Kier molecular flexibility index (Phi) is 5.63. The number of para-hydroxylation sites is 1. The zero-order valence-corrected chi connectivity index (χ0v) is 19.7. The van der Waals surface area contributed by atoms with E-state index in [9.17, 15) is 0 Å². The summed E-state index contributed by atoms with van der Waals surface area (Å²) in [6.07, 6.45) is 8.38. The molecule has 4 aromatic rings. The van der Waals surface area contributed by atoms with Crippen LogP contribution >= 0.6 is 0 Å². The van der Waals surface area contributed by atoms with Crippen molar-refractivity contribution < 1.29 is 0 Å². The molecule has 174 valence electrons. The van der Waals surface area contributed by atoms with Gasteiger partial charge < -0.3 is 19.7 Å².